The average molecular weight is 293 g/mol. The monoisotopic (exact) mass is 293 g/mol. The summed E-state index contributed by atoms with van der Waals surface area (Å²) in [5, 5.41) is 0. The Hall–Kier alpha value is -1.20. The molecule has 4 nitrogen and oxygen atoms in total. The zero-order valence-electron chi connectivity index (χ0n) is 12.5. The van der Waals surface area contributed by atoms with E-state index < -0.39 is 0 Å². The van der Waals surface area contributed by atoms with Gasteiger partial charge in [0, 0.05) is 25.9 Å². The zero-order chi connectivity index (χ0) is 14.7. The van der Waals surface area contributed by atoms with E-state index in [-0.39, 0.29) is 6.10 Å². The minimum absolute atomic E-state index is 0.274. The van der Waals surface area contributed by atoms with Crippen LogP contribution in [0.4, 0.5) is 5.82 Å². The molecule has 1 fully saturated rings. The van der Waals surface area contributed by atoms with Crippen LogP contribution in [0.5, 0.6) is 0 Å². The van der Waals surface area contributed by atoms with Gasteiger partial charge in [-0.25, -0.2) is 4.98 Å². The number of nitrogens with two attached hydrogens (primary N) is 1. The normalized spacial score (nSPS) is 18.9. The Morgan fingerprint density at radius 3 is 2.85 bits per heavy atom. The fraction of sp³-hybridized carbons (Fsp3) is 0.600. The summed E-state index contributed by atoms with van der Waals surface area (Å²) < 4.78 is 5.80. The van der Waals surface area contributed by atoms with E-state index >= 15 is 0 Å². The fourth-order valence-corrected chi connectivity index (χ4v) is 2.99. The van der Waals surface area contributed by atoms with E-state index in [1.54, 1.807) is 0 Å². The highest BCUT2D eigenvalue weighted by Crippen LogP contribution is 2.23. The number of ether oxygens (including phenoxy) is 1. The third-order valence-electron chi connectivity index (χ3n) is 3.69. The molecule has 1 atom stereocenters. The van der Waals surface area contributed by atoms with E-state index in [9.17, 15) is 0 Å². The Balaban J connectivity index is 2.23. The Kier molecular flexibility index (Phi) is 4.94. The van der Waals surface area contributed by atoms with Crippen LogP contribution in [0.2, 0.25) is 0 Å². The topological polar surface area (TPSA) is 51.4 Å². The van der Waals surface area contributed by atoms with Crippen LogP contribution in [0, 0.1) is 13.8 Å². The van der Waals surface area contributed by atoms with E-state index in [0.717, 1.165) is 42.2 Å². The molecule has 5 heteroatoms. The van der Waals surface area contributed by atoms with Crippen molar-refractivity contribution >= 4 is 23.0 Å². The molecule has 1 aliphatic rings. The van der Waals surface area contributed by atoms with Gasteiger partial charge >= 0.3 is 0 Å². The Labute approximate surface area is 126 Å². The van der Waals surface area contributed by atoms with Gasteiger partial charge in [0.15, 0.2) is 0 Å². The predicted molar refractivity (Wildman–Crippen MR) is 86.5 cm³/mol. The average Bonchev–Trinajstić information content (AvgIpc) is 2.38. The minimum Gasteiger partial charge on any atom is -0.389 e. The summed E-state index contributed by atoms with van der Waals surface area (Å²) in [7, 11) is 2.03. The van der Waals surface area contributed by atoms with Crippen molar-refractivity contribution < 1.29 is 4.74 Å². The van der Waals surface area contributed by atoms with Crippen molar-refractivity contribution in [3.63, 3.8) is 0 Å². The van der Waals surface area contributed by atoms with Crippen molar-refractivity contribution in [2.45, 2.75) is 39.2 Å². The van der Waals surface area contributed by atoms with Crippen molar-refractivity contribution in [1.29, 1.82) is 0 Å². The maximum absolute atomic E-state index is 5.87. The van der Waals surface area contributed by atoms with Gasteiger partial charge < -0.3 is 15.4 Å². The molecule has 0 spiro atoms. The summed E-state index contributed by atoms with van der Waals surface area (Å²) >= 11 is 5.18. The maximum Gasteiger partial charge on any atom is 0.139 e. The van der Waals surface area contributed by atoms with Crippen LogP contribution < -0.4 is 10.6 Å². The van der Waals surface area contributed by atoms with Crippen molar-refractivity contribution in [3.05, 3.63) is 22.9 Å². The van der Waals surface area contributed by atoms with Crippen molar-refractivity contribution in [3.8, 4) is 0 Å². The number of likely N-dealkylation sites (N-methyl/N-ethyl adjacent to an activating group) is 1. The third-order valence-corrected chi connectivity index (χ3v) is 3.89. The van der Waals surface area contributed by atoms with Gasteiger partial charge in [-0.05, 0) is 44.7 Å². The van der Waals surface area contributed by atoms with Gasteiger partial charge in [0.25, 0.3) is 0 Å². The summed E-state index contributed by atoms with van der Waals surface area (Å²) in [6.45, 7) is 5.70. The second-order valence-corrected chi connectivity index (χ2v) is 5.95. The lowest BCUT2D eigenvalue weighted by Gasteiger charge is -2.29. The van der Waals surface area contributed by atoms with Crippen molar-refractivity contribution in [2.75, 3.05) is 25.1 Å². The van der Waals surface area contributed by atoms with Crippen molar-refractivity contribution in [1.82, 2.24) is 4.98 Å². The first-order valence-electron chi connectivity index (χ1n) is 7.10. The Bertz CT molecular complexity index is 498. The highest BCUT2D eigenvalue weighted by Gasteiger charge is 2.20. The van der Waals surface area contributed by atoms with Crippen LogP contribution in [0.25, 0.3) is 0 Å². The molecule has 1 saturated heterocycles. The van der Waals surface area contributed by atoms with E-state index in [1.165, 1.54) is 12.8 Å². The highest BCUT2D eigenvalue weighted by atomic mass is 32.1. The maximum atomic E-state index is 5.87. The first-order chi connectivity index (χ1) is 9.49. The van der Waals surface area contributed by atoms with Crippen LogP contribution in [0.15, 0.2) is 6.07 Å². The standard InChI is InChI=1S/C15H23N3OS/c1-10-8-11(2)17-15(13(10)14(16)20)18(3)9-12-6-4-5-7-19-12/h8,12H,4-7,9H2,1-3H3,(H2,16,20). The predicted octanol–water partition coefficient (Wildman–Crippen LogP) is 2.34. The summed E-state index contributed by atoms with van der Waals surface area (Å²) in [6.07, 6.45) is 3.79. The van der Waals surface area contributed by atoms with Gasteiger partial charge in [0.2, 0.25) is 0 Å². The summed E-state index contributed by atoms with van der Waals surface area (Å²) in [4.78, 5) is 7.14. The molecule has 2 heterocycles. The highest BCUT2D eigenvalue weighted by molar-refractivity contribution is 7.80. The number of rotatable bonds is 4. The Morgan fingerprint density at radius 2 is 2.25 bits per heavy atom. The molecule has 0 aliphatic carbocycles. The molecule has 1 aliphatic heterocycles. The van der Waals surface area contributed by atoms with Crippen LogP contribution in [-0.2, 0) is 4.74 Å². The number of pyridine rings is 1. The molecular formula is C15H23N3OS. The summed E-state index contributed by atoms with van der Waals surface area (Å²) in [6, 6.07) is 2.02. The van der Waals surface area contributed by atoms with Gasteiger partial charge in [-0.3, -0.25) is 0 Å². The number of hydrogen-bond donors (Lipinski definition) is 1. The number of aryl methyl sites for hydroxylation is 2. The van der Waals surface area contributed by atoms with E-state index in [0.29, 0.717) is 4.99 Å². The van der Waals surface area contributed by atoms with Crippen LogP contribution in [0.3, 0.4) is 0 Å². The molecule has 0 aromatic carbocycles. The van der Waals surface area contributed by atoms with Crippen LogP contribution in [0.1, 0.15) is 36.1 Å². The van der Waals surface area contributed by atoms with Crippen LogP contribution in [-0.4, -0.2) is 36.3 Å². The lowest BCUT2D eigenvalue weighted by atomic mass is 10.1. The number of hydrogen-bond acceptors (Lipinski definition) is 4. The SMILES string of the molecule is Cc1cc(C)c(C(N)=S)c(N(C)CC2CCCCO2)n1. The van der Waals surface area contributed by atoms with E-state index in [4.69, 9.17) is 22.7 Å². The van der Waals surface area contributed by atoms with Gasteiger partial charge in [0.05, 0.1) is 11.7 Å². The number of aromatic nitrogens is 1. The molecule has 20 heavy (non-hydrogen) atoms. The molecule has 0 bridgehead atoms. The quantitative estimate of drug-likeness (QED) is 0.864. The lowest BCUT2D eigenvalue weighted by molar-refractivity contribution is 0.0215. The van der Waals surface area contributed by atoms with Gasteiger partial charge in [-0.1, -0.05) is 12.2 Å². The van der Waals surface area contributed by atoms with E-state index in [2.05, 4.69) is 9.88 Å². The summed E-state index contributed by atoms with van der Waals surface area (Å²) in [5.74, 6) is 0.865. The molecule has 110 valence electrons. The first kappa shape index (κ1) is 15.2. The number of anilines is 1. The number of nitrogens with zero attached hydrogens (tertiary/aromatic N) is 2. The smallest absolute Gasteiger partial charge is 0.139 e. The first-order valence-corrected chi connectivity index (χ1v) is 7.50. The van der Waals surface area contributed by atoms with Gasteiger partial charge in [-0.2, -0.15) is 0 Å². The molecule has 1 aromatic rings. The lowest BCUT2D eigenvalue weighted by Crippen LogP contribution is -2.35. The van der Waals surface area contributed by atoms with Crippen LogP contribution >= 0.6 is 12.2 Å². The largest absolute Gasteiger partial charge is 0.389 e. The molecule has 2 rings (SSSR count). The van der Waals surface area contributed by atoms with Gasteiger partial charge in [-0.15, -0.1) is 0 Å². The van der Waals surface area contributed by atoms with Gasteiger partial charge in [0.1, 0.15) is 10.8 Å². The van der Waals surface area contributed by atoms with E-state index in [1.807, 2.05) is 27.0 Å². The molecule has 2 N–H and O–H groups in total. The molecule has 1 aromatic heterocycles. The second-order valence-electron chi connectivity index (χ2n) is 5.51. The molecule has 0 amide bonds. The molecule has 1 unspecified atom stereocenters. The fourth-order valence-electron chi connectivity index (χ4n) is 2.74. The summed E-state index contributed by atoms with van der Waals surface area (Å²) in [5.41, 5.74) is 8.81. The third kappa shape index (κ3) is 3.46. The minimum atomic E-state index is 0.274. The zero-order valence-corrected chi connectivity index (χ0v) is 13.3. The van der Waals surface area contributed by atoms with Crippen molar-refractivity contribution in [2.24, 2.45) is 5.73 Å². The molecule has 0 radical (unpaired) electrons. The molecular weight excluding hydrogens is 270 g/mol. The second kappa shape index (κ2) is 6.50. The number of thiocarbonyl (C=S) groups is 1. The Morgan fingerprint density at radius 1 is 1.50 bits per heavy atom. The molecule has 0 saturated carbocycles.